The lowest BCUT2D eigenvalue weighted by molar-refractivity contribution is -0.299. The lowest BCUT2D eigenvalue weighted by Gasteiger charge is -2.41. The number of hydrogen-bond acceptors (Lipinski definition) is 7. The summed E-state index contributed by atoms with van der Waals surface area (Å²) in [7, 11) is 0. The number of carbonyl (C=O) groups excluding carboxylic acids is 1. The van der Waals surface area contributed by atoms with Gasteiger partial charge in [-0.15, -0.1) is 11.6 Å². The molecule has 0 bridgehead atoms. The van der Waals surface area contributed by atoms with Crippen LogP contribution in [0.4, 0.5) is 0 Å². The van der Waals surface area contributed by atoms with Crippen LogP contribution >= 0.6 is 11.6 Å². The molecule has 0 radical (unpaired) electrons. The molecule has 0 unspecified atom stereocenters. The molecule has 1 aromatic carbocycles. The molecule has 1 heterocycles. The van der Waals surface area contributed by atoms with Gasteiger partial charge < -0.3 is 29.5 Å². The second kappa shape index (κ2) is 8.58. The van der Waals surface area contributed by atoms with Gasteiger partial charge in [-0.25, -0.2) is 0 Å². The van der Waals surface area contributed by atoms with Crippen LogP contribution in [0.25, 0.3) is 0 Å². The predicted octanol–water partition coefficient (Wildman–Crippen LogP) is -0.207. The second-order valence-corrected chi connectivity index (χ2v) is 5.35. The minimum absolute atomic E-state index is 0.127. The summed E-state index contributed by atoms with van der Waals surface area (Å²) in [5, 5.41) is 29.4. The summed E-state index contributed by atoms with van der Waals surface area (Å²) in [6, 6.07) is 9.16. The molecule has 1 fully saturated rings. The van der Waals surface area contributed by atoms with Crippen molar-refractivity contribution in [1.82, 2.24) is 0 Å². The Bertz CT molecular complexity index is 498. The molecule has 23 heavy (non-hydrogen) atoms. The lowest BCUT2D eigenvalue weighted by Crippen LogP contribution is -2.60. The topological polar surface area (TPSA) is 105 Å². The van der Waals surface area contributed by atoms with Gasteiger partial charge in [-0.1, -0.05) is 30.3 Å². The fourth-order valence-corrected chi connectivity index (χ4v) is 2.39. The van der Waals surface area contributed by atoms with Gasteiger partial charge in [0.05, 0.1) is 13.2 Å². The van der Waals surface area contributed by atoms with Crippen molar-refractivity contribution in [2.45, 2.75) is 37.3 Å². The van der Waals surface area contributed by atoms with Gasteiger partial charge in [0.2, 0.25) is 0 Å². The van der Waals surface area contributed by atoms with E-state index in [0.29, 0.717) is 0 Å². The lowest BCUT2D eigenvalue weighted by atomic mass is 9.98. The number of esters is 1. The summed E-state index contributed by atoms with van der Waals surface area (Å²) in [6.45, 7) is -0.387. The molecule has 0 spiro atoms. The van der Waals surface area contributed by atoms with Gasteiger partial charge >= 0.3 is 5.97 Å². The highest BCUT2D eigenvalue weighted by Crippen LogP contribution is 2.26. The molecule has 128 valence electrons. The molecular weight excluding hydrogens is 328 g/mol. The van der Waals surface area contributed by atoms with E-state index in [0.717, 1.165) is 5.56 Å². The Labute approximate surface area is 138 Å². The molecule has 2 rings (SSSR count). The van der Waals surface area contributed by atoms with Gasteiger partial charge in [-0.05, 0) is 5.56 Å². The summed E-state index contributed by atoms with van der Waals surface area (Å²) in [5.74, 6) is -1.18. The zero-order valence-corrected chi connectivity index (χ0v) is 13.0. The van der Waals surface area contributed by atoms with E-state index < -0.39 is 49.2 Å². The maximum absolute atomic E-state index is 11.4. The zero-order chi connectivity index (χ0) is 16.8. The van der Waals surface area contributed by atoms with E-state index in [4.69, 9.17) is 25.8 Å². The highest BCUT2D eigenvalue weighted by molar-refractivity contribution is 6.26. The molecule has 8 heteroatoms. The smallest absolute Gasteiger partial charge is 0.321 e. The maximum atomic E-state index is 11.4. The minimum Gasteiger partial charge on any atom is -0.453 e. The molecule has 3 N–H and O–H groups in total. The molecule has 0 aromatic heterocycles. The van der Waals surface area contributed by atoms with Gasteiger partial charge in [0.1, 0.15) is 24.2 Å². The Kier molecular flexibility index (Phi) is 6.76. The van der Waals surface area contributed by atoms with Crippen LogP contribution in [0.2, 0.25) is 0 Å². The van der Waals surface area contributed by atoms with Crippen LogP contribution in [0.1, 0.15) is 5.56 Å². The first-order chi connectivity index (χ1) is 11.1. The van der Waals surface area contributed by atoms with Crippen LogP contribution < -0.4 is 0 Å². The van der Waals surface area contributed by atoms with Crippen molar-refractivity contribution in [2.24, 2.45) is 0 Å². The average Bonchev–Trinajstić information content (AvgIpc) is 2.58. The fourth-order valence-electron chi connectivity index (χ4n) is 2.32. The van der Waals surface area contributed by atoms with Crippen LogP contribution in [0, 0.1) is 0 Å². The number of ether oxygens (including phenoxy) is 3. The third-order valence-corrected chi connectivity index (χ3v) is 3.70. The van der Waals surface area contributed by atoms with Crippen molar-refractivity contribution >= 4 is 17.6 Å². The van der Waals surface area contributed by atoms with E-state index in [1.54, 1.807) is 0 Å². The molecule has 5 atom stereocenters. The van der Waals surface area contributed by atoms with E-state index >= 15 is 0 Å². The van der Waals surface area contributed by atoms with E-state index in [9.17, 15) is 20.1 Å². The molecule has 1 aliphatic rings. The Morgan fingerprint density at radius 2 is 1.91 bits per heavy atom. The first-order valence-corrected chi connectivity index (χ1v) is 7.63. The standard InChI is InChI=1S/C15H19ClO7/c16-6-11(18)23-14-13(12(19)10(7-17)22-15(14)20)21-8-9-4-2-1-3-5-9/h1-5,10,12-15,17,19-20H,6-8H2/t10-,12-,13+,14-,15-/m1/s1. The highest BCUT2D eigenvalue weighted by atomic mass is 35.5. The third-order valence-electron chi connectivity index (χ3n) is 3.48. The number of benzene rings is 1. The maximum Gasteiger partial charge on any atom is 0.321 e. The van der Waals surface area contributed by atoms with Crippen LogP contribution in [0.5, 0.6) is 0 Å². The summed E-state index contributed by atoms with van der Waals surface area (Å²) in [6.07, 6.45) is -6.17. The molecule has 0 aliphatic carbocycles. The number of alkyl halides is 1. The van der Waals surface area contributed by atoms with Crippen LogP contribution in [0.3, 0.4) is 0 Å². The number of halogens is 1. The quantitative estimate of drug-likeness (QED) is 0.483. The number of rotatable bonds is 6. The molecule has 7 nitrogen and oxygen atoms in total. The Morgan fingerprint density at radius 3 is 2.52 bits per heavy atom. The first-order valence-electron chi connectivity index (χ1n) is 7.10. The van der Waals surface area contributed by atoms with Crippen molar-refractivity contribution in [3.63, 3.8) is 0 Å². The largest absolute Gasteiger partial charge is 0.453 e. The Balaban J connectivity index is 2.11. The van der Waals surface area contributed by atoms with Crippen LogP contribution in [-0.2, 0) is 25.6 Å². The molecule has 1 aliphatic heterocycles. The normalized spacial score (nSPS) is 30.9. The number of aliphatic hydroxyl groups excluding tert-OH is 3. The van der Waals surface area contributed by atoms with Gasteiger partial charge in [0.25, 0.3) is 0 Å². The van der Waals surface area contributed by atoms with Crippen molar-refractivity contribution in [2.75, 3.05) is 12.5 Å². The monoisotopic (exact) mass is 346 g/mol. The number of aliphatic hydroxyl groups is 3. The molecule has 1 aromatic rings. The van der Waals surface area contributed by atoms with Gasteiger partial charge in [-0.2, -0.15) is 0 Å². The van der Waals surface area contributed by atoms with Crippen molar-refractivity contribution in [3.05, 3.63) is 35.9 Å². The third kappa shape index (κ3) is 4.63. The summed E-state index contributed by atoms with van der Waals surface area (Å²) < 4.78 is 15.7. The Morgan fingerprint density at radius 1 is 1.22 bits per heavy atom. The SMILES string of the molecule is O=C(CCl)O[C@@H]1[C@@H](OCc2ccccc2)[C@H](O)[C@@H](CO)O[C@H]1O. The first kappa shape index (κ1) is 18.1. The zero-order valence-electron chi connectivity index (χ0n) is 12.2. The minimum atomic E-state index is -1.54. The fraction of sp³-hybridized carbons (Fsp3) is 0.533. The molecule has 0 amide bonds. The predicted molar refractivity (Wildman–Crippen MR) is 79.6 cm³/mol. The van der Waals surface area contributed by atoms with Gasteiger partial charge in [0.15, 0.2) is 12.4 Å². The molecular formula is C15H19ClO7. The van der Waals surface area contributed by atoms with Crippen molar-refractivity contribution < 1.29 is 34.3 Å². The van der Waals surface area contributed by atoms with Crippen molar-refractivity contribution in [3.8, 4) is 0 Å². The van der Waals surface area contributed by atoms with E-state index in [1.807, 2.05) is 30.3 Å². The number of carbonyl (C=O) groups is 1. The summed E-state index contributed by atoms with van der Waals surface area (Å²) in [4.78, 5) is 11.4. The van der Waals surface area contributed by atoms with Crippen molar-refractivity contribution in [1.29, 1.82) is 0 Å². The molecule has 0 saturated carbocycles. The highest BCUT2D eigenvalue weighted by Gasteiger charge is 2.47. The van der Waals surface area contributed by atoms with Gasteiger partial charge in [0, 0.05) is 0 Å². The van der Waals surface area contributed by atoms with Gasteiger partial charge in [-0.3, -0.25) is 4.79 Å². The van der Waals surface area contributed by atoms with E-state index in [1.165, 1.54) is 0 Å². The van der Waals surface area contributed by atoms with E-state index in [-0.39, 0.29) is 6.61 Å². The van der Waals surface area contributed by atoms with Crippen LogP contribution in [0.15, 0.2) is 30.3 Å². The van der Waals surface area contributed by atoms with E-state index in [2.05, 4.69) is 0 Å². The number of hydrogen-bond donors (Lipinski definition) is 3. The van der Waals surface area contributed by atoms with Crippen LogP contribution in [-0.4, -0.2) is 64.5 Å². The average molecular weight is 347 g/mol. The summed E-state index contributed by atoms with van der Waals surface area (Å²) >= 11 is 5.39. The summed E-state index contributed by atoms with van der Waals surface area (Å²) in [5.41, 5.74) is 0.837. The molecule has 1 saturated heterocycles. The Hall–Kier alpha value is -1.22. The second-order valence-electron chi connectivity index (χ2n) is 5.09.